The van der Waals surface area contributed by atoms with E-state index in [1.807, 2.05) is 0 Å². The molecule has 0 radical (unpaired) electrons. The van der Waals surface area contributed by atoms with E-state index in [1.165, 1.54) is 31.3 Å². The van der Waals surface area contributed by atoms with Gasteiger partial charge in [0.25, 0.3) is 5.91 Å². The quantitative estimate of drug-likeness (QED) is 0.284. The number of carbonyl (C=O) groups is 2. The number of alkyl halides is 3. The van der Waals surface area contributed by atoms with Crippen molar-refractivity contribution in [1.29, 1.82) is 0 Å². The number of aromatic nitrogens is 3. The molecule has 2 amide bonds. The Bertz CT molecular complexity index is 1730. The van der Waals surface area contributed by atoms with Crippen LogP contribution in [0.15, 0.2) is 54.9 Å². The van der Waals surface area contributed by atoms with E-state index in [0.717, 1.165) is 36.7 Å². The average Bonchev–Trinajstić information content (AvgIpc) is 3.62. The number of imidazole rings is 1. The first kappa shape index (κ1) is 27.6. The van der Waals surface area contributed by atoms with E-state index in [0.29, 0.717) is 11.6 Å². The molecule has 1 aliphatic heterocycles. The summed E-state index contributed by atoms with van der Waals surface area (Å²) >= 11 is 0. The fourth-order valence-corrected chi connectivity index (χ4v) is 4.97. The Balaban J connectivity index is 1.38. The Hall–Kier alpha value is -4.52. The summed E-state index contributed by atoms with van der Waals surface area (Å²) in [7, 11) is 0. The molecule has 0 unspecified atom stereocenters. The first-order chi connectivity index (χ1) is 19.8. The molecule has 2 aliphatic rings. The highest BCUT2D eigenvalue weighted by atomic mass is 19.4. The van der Waals surface area contributed by atoms with Crippen molar-refractivity contribution in [3.05, 3.63) is 83.2 Å². The number of nitrogens with zero attached hydrogens (tertiary/aromatic N) is 3. The van der Waals surface area contributed by atoms with E-state index in [1.54, 1.807) is 16.7 Å². The predicted molar refractivity (Wildman–Crippen MR) is 141 cm³/mol. The van der Waals surface area contributed by atoms with Crippen molar-refractivity contribution in [2.75, 3.05) is 13.2 Å². The SMILES string of the molecule is C[C@]1(C(N)=O)COc2c1cc([C@@](O)(CNC(=O)c1ccc3nc(C4CC4)cn3c1)C(F)(F)F)nc2-c1ccc(F)cc1. The number of amides is 2. The molecule has 4 heterocycles. The summed E-state index contributed by atoms with van der Waals surface area (Å²) < 4.78 is 64.7. The van der Waals surface area contributed by atoms with Crippen molar-refractivity contribution in [3.63, 3.8) is 0 Å². The lowest BCUT2D eigenvalue weighted by Gasteiger charge is -2.31. The van der Waals surface area contributed by atoms with Crippen LogP contribution in [0.1, 0.15) is 53.0 Å². The van der Waals surface area contributed by atoms with Crippen molar-refractivity contribution in [2.24, 2.45) is 5.73 Å². The van der Waals surface area contributed by atoms with Gasteiger partial charge in [0.1, 0.15) is 34.9 Å². The summed E-state index contributed by atoms with van der Waals surface area (Å²) in [5.41, 5.74) is 0.981. The van der Waals surface area contributed by atoms with Gasteiger partial charge in [-0.25, -0.2) is 14.4 Å². The van der Waals surface area contributed by atoms with Crippen LogP contribution >= 0.6 is 0 Å². The van der Waals surface area contributed by atoms with E-state index in [9.17, 15) is 32.3 Å². The first-order valence-electron chi connectivity index (χ1n) is 13.1. The molecule has 13 heteroatoms. The van der Waals surface area contributed by atoms with Crippen molar-refractivity contribution >= 4 is 17.5 Å². The largest absolute Gasteiger partial charge is 0.489 e. The highest BCUT2D eigenvalue weighted by molar-refractivity contribution is 5.94. The maximum absolute atomic E-state index is 14.6. The van der Waals surface area contributed by atoms with Crippen LogP contribution < -0.4 is 15.8 Å². The molecule has 2 atom stereocenters. The number of hydrogen-bond donors (Lipinski definition) is 3. The van der Waals surface area contributed by atoms with Gasteiger partial charge in [0.05, 0.1) is 23.5 Å². The maximum atomic E-state index is 14.6. The van der Waals surface area contributed by atoms with Gasteiger partial charge in [-0.05, 0) is 62.2 Å². The molecule has 1 aliphatic carbocycles. The predicted octanol–water partition coefficient (Wildman–Crippen LogP) is 3.73. The fourth-order valence-electron chi connectivity index (χ4n) is 4.97. The number of pyridine rings is 2. The maximum Gasteiger partial charge on any atom is 0.424 e. The van der Waals surface area contributed by atoms with Crippen molar-refractivity contribution < 1.29 is 37.0 Å². The third-order valence-electron chi connectivity index (χ3n) is 7.86. The van der Waals surface area contributed by atoms with Crippen molar-refractivity contribution in [3.8, 4) is 17.0 Å². The monoisotopic (exact) mass is 583 g/mol. The Morgan fingerprint density at radius 2 is 1.86 bits per heavy atom. The minimum Gasteiger partial charge on any atom is -0.489 e. The fraction of sp³-hybridized carbons (Fsp3) is 0.310. The number of halogens is 4. The highest BCUT2D eigenvalue weighted by Crippen LogP contribution is 2.47. The number of benzene rings is 1. The number of primary amides is 1. The molecule has 9 nitrogen and oxygen atoms in total. The van der Waals surface area contributed by atoms with E-state index in [4.69, 9.17) is 10.5 Å². The number of carbonyl (C=O) groups excluding carboxylic acids is 2. The summed E-state index contributed by atoms with van der Waals surface area (Å²) in [6.07, 6.45) is -0.0437. The number of fused-ring (bicyclic) bond motifs is 2. The normalized spacial score (nSPS) is 19.7. The molecule has 218 valence electrons. The van der Waals surface area contributed by atoms with Crippen LogP contribution in [0, 0.1) is 5.82 Å². The van der Waals surface area contributed by atoms with Gasteiger partial charge >= 0.3 is 6.18 Å². The third-order valence-corrected chi connectivity index (χ3v) is 7.86. The second-order valence-electron chi connectivity index (χ2n) is 10.9. The molecule has 1 fully saturated rings. The summed E-state index contributed by atoms with van der Waals surface area (Å²) in [4.78, 5) is 33.9. The lowest BCUT2D eigenvalue weighted by atomic mass is 9.81. The van der Waals surface area contributed by atoms with E-state index in [-0.39, 0.29) is 34.7 Å². The summed E-state index contributed by atoms with van der Waals surface area (Å²) in [5, 5.41) is 13.4. The standard InChI is InChI=1S/C29H25F4N5O4/c1-27(26(34)40)14-42-24-19(27)10-21(37-23(24)16-4-7-18(30)8-5-16)28(41,29(31,32)33)13-35-25(39)17-6-9-22-36-20(15-2-3-15)12-38(22)11-17/h4-12,15,41H,2-3,13-14H2,1H3,(H2,34,40)(H,35,39)/t27-,28-/m0/s1. The Labute approximate surface area is 236 Å². The van der Waals surface area contributed by atoms with E-state index < -0.39 is 47.1 Å². The zero-order valence-electron chi connectivity index (χ0n) is 22.2. The van der Waals surface area contributed by atoms with Gasteiger partial charge in [-0.2, -0.15) is 13.2 Å². The van der Waals surface area contributed by atoms with E-state index >= 15 is 0 Å². The molecule has 0 spiro atoms. The Kier molecular flexibility index (Phi) is 6.26. The number of rotatable bonds is 7. The molecule has 0 saturated heterocycles. The Morgan fingerprint density at radius 3 is 2.50 bits per heavy atom. The van der Waals surface area contributed by atoms with Gasteiger partial charge in [0, 0.05) is 29.4 Å². The number of nitrogens with one attached hydrogen (secondary N) is 1. The lowest BCUT2D eigenvalue weighted by Crippen LogP contribution is -2.51. The number of ether oxygens (including phenoxy) is 1. The van der Waals surface area contributed by atoms with Crippen LogP contribution in [0.2, 0.25) is 0 Å². The number of nitrogens with two attached hydrogens (primary N) is 1. The zero-order valence-corrected chi connectivity index (χ0v) is 22.2. The van der Waals surface area contributed by atoms with Crippen LogP contribution in [0.5, 0.6) is 5.75 Å². The lowest BCUT2D eigenvalue weighted by molar-refractivity contribution is -0.265. The summed E-state index contributed by atoms with van der Waals surface area (Å²) in [5.74, 6) is -1.98. The van der Waals surface area contributed by atoms with Crippen molar-refractivity contribution in [1.82, 2.24) is 19.7 Å². The minimum atomic E-state index is -5.32. The second kappa shape index (κ2) is 9.51. The van der Waals surface area contributed by atoms with Crippen LogP contribution in [0.4, 0.5) is 17.6 Å². The molecule has 0 bridgehead atoms. The molecule has 42 heavy (non-hydrogen) atoms. The molecule has 4 aromatic rings. The first-order valence-corrected chi connectivity index (χ1v) is 13.1. The number of hydrogen-bond acceptors (Lipinski definition) is 6. The Morgan fingerprint density at radius 1 is 1.14 bits per heavy atom. The molecule has 1 aromatic carbocycles. The van der Waals surface area contributed by atoms with Gasteiger partial charge in [-0.15, -0.1) is 0 Å². The van der Waals surface area contributed by atoms with Gasteiger partial charge in [-0.3, -0.25) is 9.59 Å². The molecular weight excluding hydrogens is 558 g/mol. The average molecular weight is 584 g/mol. The summed E-state index contributed by atoms with van der Waals surface area (Å²) in [6.45, 7) is -0.181. The topological polar surface area (TPSA) is 132 Å². The summed E-state index contributed by atoms with van der Waals surface area (Å²) in [6, 6.07) is 8.64. The van der Waals surface area contributed by atoms with Gasteiger partial charge < -0.3 is 25.3 Å². The van der Waals surface area contributed by atoms with Gasteiger partial charge in [-0.1, -0.05) is 0 Å². The van der Waals surface area contributed by atoms with Crippen LogP contribution in [0.25, 0.3) is 16.9 Å². The molecule has 4 N–H and O–H groups in total. The smallest absolute Gasteiger partial charge is 0.424 e. The molecular formula is C29H25F4N5O4. The van der Waals surface area contributed by atoms with Gasteiger partial charge in [0.15, 0.2) is 0 Å². The molecule has 6 rings (SSSR count). The zero-order chi connectivity index (χ0) is 30.0. The van der Waals surface area contributed by atoms with Crippen LogP contribution in [-0.2, 0) is 15.8 Å². The van der Waals surface area contributed by atoms with Crippen molar-refractivity contribution in [2.45, 2.75) is 42.9 Å². The number of aliphatic hydroxyl groups is 1. The van der Waals surface area contributed by atoms with E-state index in [2.05, 4.69) is 15.3 Å². The second-order valence-corrected chi connectivity index (χ2v) is 10.9. The highest BCUT2D eigenvalue weighted by Gasteiger charge is 2.57. The van der Waals surface area contributed by atoms with Crippen LogP contribution in [-0.4, -0.2) is 50.6 Å². The molecule has 3 aromatic heterocycles. The minimum absolute atomic E-state index is 0.0144. The van der Waals surface area contributed by atoms with Crippen LogP contribution in [0.3, 0.4) is 0 Å². The van der Waals surface area contributed by atoms with Gasteiger partial charge in [0.2, 0.25) is 11.5 Å². The molecule has 1 saturated carbocycles. The third kappa shape index (κ3) is 4.53.